The molecule has 0 aliphatic heterocycles. The van der Waals surface area contributed by atoms with E-state index in [1.807, 2.05) is 0 Å². The lowest BCUT2D eigenvalue weighted by molar-refractivity contribution is -0.142. The van der Waals surface area contributed by atoms with Crippen LogP contribution < -0.4 is 5.73 Å². The average molecular weight is 232 g/mol. The van der Waals surface area contributed by atoms with Crippen LogP contribution in [0.4, 0.5) is 0 Å². The van der Waals surface area contributed by atoms with E-state index in [-0.39, 0.29) is 0 Å². The van der Waals surface area contributed by atoms with Crippen LogP contribution in [0, 0.1) is 0 Å². The van der Waals surface area contributed by atoms with Crippen LogP contribution in [0.3, 0.4) is 0 Å². The molecule has 0 fully saturated rings. The Balaban J connectivity index is 3.81. The van der Waals surface area contributed by atoms with Crippen LogP contribution in [0.1, 0.15) is 26.7 Å². The molecule has 1 unspecified atom stereocenters. The van der Waals surface area contributed by atoms with Gasteiger partial charge in [0.1, 0.15) is 5.54 Å². The number of ether oxygens (including phenoxy) is 1. The smallest absolute Gasteiger partial charge is 0.323 e. The van der Waals surface area contributed by atoms with Crippen LogP contribution in [-0.2, 0) is 9.53 Å². The molecule has 0 heterocycles. The predicted octanol–water partition coefficient (Wildman–Crippen LogP) is 0.537. The van der Waals surface area contributed by atoms with Crippen molar-refractivity contribution in [3.63, 3.8) is 0 Å². The number of nitrogens with zero attached hydrogens (tertiary/aromatic N) is 1. The van der Waals surface area contributed by atoms with Gasteiger partial charge in [-0.2, -0.15) is 0 Å². The predicted molar refractivity (Wildman–Crippen MR) is 63.5 cm³/mol. The number of methoxy groups -OCH3 is 1. The molecule has 0 aliphatic carbocycles. The van der Waals surface area contributed by atoms with Crippen molar-refractivity contribution in [2.24, 2.45) is 5.73 Å². The maximum atomic E-state index is 10.8. The van der Waals surface area contributed by atoms with Crippen molar-refractivity contribution in [2.75, 3.05) is 33.4 Å². The van der Waals surface area contributed by atoms with Gasteiger partial charge in [-0.15, -0.1) is 0 Å². The normalized spacial score (nSPS) is 15.1. The molecule has 0 radical (unpaired) electrons. The number of hydrogen-bond donors (Lipinski definition) is 2. The first-order valence-corrected chi connectivity index (χ1v) is 5.67. The summed E-state index contributed by atoms with van der Waals surface area (Å²) in [4.78, 5) is 13.0. The first-order chi connectivity index (χ1) is 7.44. The number of carboxylic acids is 1. The first-order valence-electron chi connectivity index (χ1n) is 5.67. The van der Waals surface area contributed by atoms with Crippen molar-refractivity contribution in [3.05, 3.63) is 0 Å². The molecule has 3 N–H and O–H groups in total. The summed E-state index contributed by atoms with van der Waals surface area (Å²) in [6.45, 7) is 7.01. The van der Waals surface area contributed by atoms with E-state index >= 15 is 0 Å². The quantitative estimate of drug-likeness (QED) is 0.606. The van der Waals surface area contributed by atoms with E-state index in [0.717, 1.165) is 26.1 Å². The van der Waals surface area contributed by atoms with Crippen molar-refractivity contribution in [1.29, 1.82) is 0 Å². The summed E-state index contributed by atoms with van der Waals surface area (Å²) in [6.07, 6.45) is 1.28. The topological polar surface area (TPSA) is 75.8 Å². The second kappa shape index (κ2) is 7.60. The molecule has 5 heteroatoms. The Morgan fingerprint density at radius 3 is 2.56 bits per heavy atom. The van der Waals surface area contributed by atoms with Crippen molar-refractivity contribution < 1.29 is 14.6 Å². The van der Waals surface area contributed by atoms with Gasteiger partial charge in [-0.25, -0.2) is 0 Å². The lowest BCUT2D eigenvalue weighted by Gasteiger charge is -2.23. The number of hydrogen-bond acceptors (Lipinski definition) is 4. The molecular weight excluding hydrogens is 208 g/mol. The maximum absolute atomic E-state index is 10.8. The van der Waals surface area contributed by atoms with Crippen LogP contribution in [0.5, 0.6) is 0 Å². The van der Waals surface area contributed by atoms with Gasteiger partial charge in [-0.1, -0.05) is 6.92 Å². The third-order valence-electron chi connectivity index (χ3n) is 2.72. The molecule has 0 saturated heterocycles. The van der Waals surface area contributed by atoms with Crippen molar-refractivity contribution in [2.45, 2.75) is 32.2 Å². The SMILES string of the molecule is CCN(CCCC(C)(N)C(=O)O)CCOC. The molecular formula is C11H24N2O3. The van der Waals surface area contributed by atoms with Crippen LogP contribution in [-0.4, -0.2) is 54.9 Å². The van der Waals surface area contributed by atoms with Gasteiger partial charge < -0.3 is 20.5 Å². The maximum Gasteiger partial charge on any atom is 0.323 e. The summed E-state index contributed by atoms with van der Waals surface area (Å²) in [5.74, 6) is -0.938. The second-order valence-electron chi connectivity index (χ2n) is 4.25. The van der Waals surface area contributed by atoms with Crippen LogP contribution >= 0.6 is 0 Å². The van der Waals surface area contributed by atoms with E-state index in [1.165, 1.54) is 0 Å². The molecule has 0 bridgehead atoms. The van der Waals surface area contributed by atoms with Crippen LogP contribution in [0.2, 0.25) is 0 Å². The lowest BCUT2D eigenvalue weighted by Crippen LogP contribution is -2.45. The van der Waals surface area contributed by atoms with Gasteiger partial charge in [0, 0.05) is 13.7 Å². The van der Waals surface area contributed by atoms with Crippen molar-refractivity contribution >= 4 is 5.97 Å². The number of likely N-dealkylation sites (N-methyl/N-ethyl adjacent to an activating group) is 1. The highest BCUT2D eigenvalue weighted by molar-refractivity contribution is 5.77. The Labute approximate surface area is 97.6 Å². The molecule has 96 valence electrons. The molecule has 0 saturated carbocycles. The molecule has 0 rings (SSSR count). The molecule has 0 aliphatic rings. The minimum absolute atomic E-state index is 0.492. The first kappa shape index (κ1) is 15.3. The van der Waals surface area contributed by atoms with Gasteiger partial charge >= 0.3 is 5.97 Å². The molecule has 16 heavy (non-hydrogen) atoms. The Morgan fingerprint density at radius 1 is 1.50 bits per heavy atom. The lowest BCUT2D eigenvalue weighted by atomic mass is 9.97. The van der Waals surface area contributed by atoms with Gasteiger partial charge in [-0.05, 0) is 32.9 Å². The third-order valence-corrected chi connectivity index (χ3v) is 2.72. The van der Waals surface area contributed by atoms with Crippen LogP contribution in [0.25, 0.3) is 0 Å². The second-order valence-corrected chi connectivity index (χ2v) is 4.25. The summed E-state index contributed by atoms with van der Waals surface area (Å²) < 4.78 is 5.00. The number of carbonyl (C=O) groups is 1. The van der Waals surface area contributed by atoms with Gasteiger partial charge in [0.25, 0.3) is 0 Å². The van der Waals surface area contributed by atoms with Crippen LogP contribution in [0.15, 0.2) is 0 Å². The van der Waals surface area contributed by atoms with E-state index in [1.54, 1.807) is 14.0 Å². The van der Waals surface area contributed by atoms with E-state index < -0.39 is 11.5 Å². The molecule has 0 aromatic heterocycles. The summed E-state index contributed by atoms with van der Waals surface area (Å²) in [6, 6.07) is 0. The number of rotatable bonds is 9. The Bertz CT molecular complexity index is 207. The van der Waals surface area contributed by atoms with E-state index in [2.05, 4.69) is 11.8 Å². The molecule has 5 nitrogen and oxygen atoms in total. The zero-order valence-electron chi connectivity index (χ0n) is 10.5. The van der Waals surface area contributed by atoms with E-state index in [4.69, 9.17) is 15.6 Å². The summed E-state index contributed by atoms with van der Waals surface area (Å²) in [7, 11) is 1.68. The minimum atomic E-state index is -1.11. The number of nitrogens with two attached hydrogens (primary N) is 1. The van der Waals surface area contributed by atoms with E-state index in [0.29, 0.717) is 13.0 Å². The number of carboxylic acid groups (broad SMARTS) is 1. The van der Waals surface area contributed by atoms with Gasteiger partial charge in [-0.3, -0.25) is 4.79 Å². The third kappa shape index (κ3) is 6.05. The van der Waals surface area contributed by atoms with Gasteiger partial charge in [0.15, 0.2) is 0 Å². The largest absolute Gasteiger partial charge is 0.480 e. The monoisotopic (exact) mass is 232 g/mol. The Kier molecular flexibility index (Phi) is 7.29. The zero-order valence-corrected chi connectivity index (χ0v) is 10.5. The zero-order chi connectivity index (χ0) is 12.6. The molecule has 0 amide bonds. The Morgan fingerprint density at radius 2 is 2.12 bits per heavy atom. The summed E-state index contributed by atoms with van der Waals surface area (Å²) in [5, 5.41) is 8.85. The van der Waals surface area contributed by atoms with Crippen molar-refractivity contribution in [1.82, 2.24) is 4.90 Å². The van der Waals surface area contributed by atoms with Gasteiger partial charge in [0.05, 0.1) is 6.61 Å². The van der Waals surface area contributed by atoms with Crippen molar-refractivity contribution in [3.8, 4) is 0 Å². The fourth-order valence-electron chi connectivity index (χ4n) is 1.43. The highest BCUT2D eigenvalue weighted by Gasteiger charge is 2.27. The molecule has 0 aromatic carbocycles. The van der Waals surface area contributed by atoms with E-state index in [9.17, 15) is 4.79 Å². The molecule has 1 atom stereocenters. The fourth-order valence-corrected chi connectivity index (χ4v) is 1.43. The standard InChI is InChI=1S/C11H24N2O3/c1-4-13(8-9-16-3)7-5-6-11(2,12)10(14)15/h4-9,12H2,1-3H3,(H,14,15). The number of aliphatic carboxylic acids is 1. The minimum Gasteiger partial charge on any atom is -0.480 e. The molecule has 0 aromatic rings. The average Bonchev–Trinajstić information content (AvgIpc) is 2.22. The van der Waals surface area contributed by atoms with Gasteiger partial charge in [0.2, 0.25) is 0 Å². The highest BCUT2D eigenvalue weighted by Crippen LogP contribution is 2.09. The summed E-state index contributed by atoms with van der Waals surface area (Å²) >= 11 is 0. The highest BCUT2D eigenvalue weighted by atomic mass is 16.5. The Hall–Kier alpha value is -0.650. The summed E-state index contributed by atoms with van der Waals surface area (Å²) in [5.41, 5.74) is 4.53. The molecule has 0 spiro atoms. The fraction of sp³-hybridized carbons (Fsp3) is 0.909.